The van der Waals surface area contributed by atoms with Crippen molar-refractivity contribution in [2.24, 2.45) is 0 Å². The van der Waals surface area contributed by atoms with Gasteiger partial charge in [0.1, 0.15) is 22.7 Å². The average Bonchev–Trinajstić information content (AvgIpc) is 3.24. The van der Waals surface area contributed by atoms with Gasteiger partial charge in [0.15, 0.2) is 11.6 Å². The fourth-order valence-corrected chi connectivity index (χ4v) is 6.75. The molecule has 0 fully saturated rings. The number of allylic oxidation sites excluding steroid dienone is 2. The number of hydrogen-bond donors (Lipinski definition) is 0. The highest BCUT2D eigenvalue weighted by Crippen LogP contribution is 2.35. The first kappa shape index (κ1) is 35.4. The zero-order valence-electron chi connectivity index (χ0n) is 30.3. The van der Waals surface area contributed by atoms with Gasteiger partial charge in [0.25, 0.3) is 0 Å². The van der Waals surface area contributed by atoms with E-state index in [2.05, 4.69) is 0 Å². The van der Waals surface area contributed by atoms with Crippen LogP contribution >= 0.6 is 0 Å². The Morgan fingerprint density at radius 1 is 0.482 bits per heavy atom. The highest BCUT2D eigenvalue weighted by atomic mass is 16.5. The molecule has 0 saturated carbocycles. The van der Waals surface area contributed by atoms with E-state index in [-0.39, 0.29) is 33.5 Å². The lowest BCUT2D eigenvalue weighted by atomic mass is 9.96. The van der Waals surface area contributed by atoms with E-state index >= 15 is 0 Å². The fraction of sp³-hybridized carbons (Fsp3) is 0.0417. The topological polar surface area (TPSA) is 113 Å². The summed E-state index contributed by atoms with van der Waals surface area (Å²) >= 11 is 0. The normalized spacial score (nSPS) is 11.5. The van der Waals surface area contributed by atoms with E-state index in [4.69, 9.17) is 18.3 Å². The van der Waals surface area contributed by atoms with Crippen LogP contribution in [-0.4, -0.2) is 25.8 Å². The quantitative estimate of drug-likeness (QED) is 0.112. The molecule has 0 amide bonds. The summed E-state index contributed by atoms with van der Waals surface area (Å²) in [4.78, 5) is 53.3. The molecule has 272 valence electrons. The standard InChI is InChI=1S/C48H32O8/c1-53-35-17-11-31(12-18-35)41(49)23-9-29-7-21-37-33(27-29)15-25-43-45(37)46-38-22-8-30(10-24-42(50)32-13-19-36(54-2)20-14-32)28-34(38)16-26-44(46)56-48(52)40-6-4-3-5-39(40)47(51)55-43/h3-28H,1-2H3/b23-9+,24-10+. The van der Waals surface area contributed by atoms with E-state index in [1.807, 2.05) is 48.5 Å². The van der Waals surface area contributed by atoms with Gasteiger partial charge in [0.05, 0.1) is 25.0 Å². The second-order valence-corrected chi connectivity index (χ2v) is 13.0. The third kappa shape index (κ3) is 6.95. The van der Waals surface area contributed by atoms with E-state index in [1.54, 1.807) is 99.2 Å². The number of rotatable bonds is 8. The van der Waals surface area contributed by atoms with Crippen LogP contribution in [0.25, 0.3) is 66.4 Å². The monoisotopic (exact) mass is 736 g/mol. The van der Waals surface area contributed by atoms with Crippen LogP contribution in [0.5, 0.6) is 11.5 Å². The first-order valence-corrected chi connectivity index (χ1v) is 17.7. The zero-order valence-corrected chi connectivity index (χ0v) is 30.3. The molecular formula is C48H32O8. The average molecular weight is 737 g/mol. The van der Waals surface area contributed by atoms with Gasteiger partial charge in [-0.25, -0.2) is 9.59 Å². The van der Waals surface area contributed by atoms with Crippen LogP contribution in [0.2, 0.25) is 0 Å². The highest BCUT2D eigenvalue weighted by Gasteiger charge is 2.13. The van der Waals surface area contributed by atoms with Crippen LogP contribution in [-0.2, 0) is 0 Å². The summed E-state index contributed by atoms with van der Waals surface area (Å²) in [7, 11) is 3.14. The third-order valence-corrected chi connectivity index (χ3v) is 9.64. The molecule has 0 aliphatic heterocycles. The van der Waals surface area contributed by atoms with Crippen molar-refractivity contribution in [3.63, 3.8) is 0 Å². The summed E-state index contributed by atoms with van der Waals surface area (Å²) in [6, 6.07) is 38.7. The summed E-state index contributed by atoms with van der Waals surface area (Å²) in [6.45, 7) is 0. The molecule has 0 saturated heterocycles. The van der Waals surface area contributed by atoms with Crippen molar-refractivity contribution >= 4 is 78.0 Å². The largest absolute Gasteiger partial charge is 0.497 e. The Morgan fingerprint density at radius 2 is 0.893 bits per heavy atom. The molecule has 0 N–H and O–H groups in total. The number of ether oxygens (including phenoxy) is 2. The molecule has 0 bridgehead atoms. The van der Waals surface area contributed by atoms with Crippen molar-refractivity contribution in [3.8, 4) is 11.5 Å². The van der Waals surface area contributed by atoms with Crippen LogP contribution in [0.1, 0.15) is 31.8 Å². The second-order valence-electron chi connectivity index (χ2n) is 13.0. The lowest BCUT2D eigenvalue weighted by Gasteiger charge is -2.09. The number of fused-ring (bicyclic) bond motifs is 8. The van der Waals surface area contributed by atoms with Crippen LogP contribution in [0.4, 0.5) is 0 Å². The van der Waals surface area contributed by atoms with Gasteiger partial charge >= 0.3 is 11.3 Å². The van der Waals surface area contributed by atoms with E-state index < -0.39 is 11.3 Å². The maximum Gasteiger partial charge on any atom is 0.344 e. The van der Waals surface area contributed by atoms with E-state index in [1.165, 1.54) is 24.3 Å². The minimum absolute atomic E-state index is 0.0791. The van der Waals surface area contributed by atoms with E-state index in [0.29, 0.717) is 33.4 Å². The van der Waals surface area contributed by atoms with Gasteiger partial charge < -0.3 is 18.3 Å². The van der Waals surface area contributed by atoms with Gasteiger partial charge in [-0.15, -0.1) is 0 Å². The highest BCUT2D eigenvalue weighted by molar-refractivity contribution is 6.25. The smallest absolute Gasteiger partial charge is 0.344 e. The van der Waals surface area contributed by atoms with Gasteiger partial charge in [0.2, 0.25) is 0 Å². The van der Waals surface area contributed by atoms with Crippen molar-refractivity contribution in [1.29, 1.82) is 0 Å². The van der Waals surface area contributed by atoms with Crippen molar-refractivity contribution in [3.05, 3.63) is 189 Å². The van der Waals surface area contributed by atoms with Crippen LogP contribution in [0.15, 0.2) is 164 Å². The predicted molar refractivity (Wildman–Crippen MR) is 221 cm³/mol. The van der Waals surface area contributed by atoms with Crippen LogP contribution in [0, 0.1) is 0 Å². The van der Waals surface area contributed by atoms with Gasteiger partial charge in [-0.2, -0.15) is 0 Å². The number of hydrogen-bond acceptors (Lipinski definition) is 8. The molecular weight excluding hydrogens is 705 g/mol. The van der Waals surface area contributed by atoms with Gasteiger partial charge in [-0.1, -0.05) is 60.7 Å². The van der Waals surface area contributed by atoms with Crippen molar-refractivity contribution in [2.75, 3.05) is 14.2 Å². The first-order chi connectivity index (χ1) is 27.3. The number of carbonyl (C=O) groups excluding carboxylic acids is 2. The minimum Gasteiger partial charge on any atom is -0.497 e. The molecule has 7 aromatic carbocycles. The Hall–Kier alpha value is -7.58. The number of benzene rings is 7. The molecule has 8 heteroatoms. The molecule has 0 aliphatic carbocycles. The molecule has 8 aromatic rings. The van der Waals surface area contributed by atoms with Crippen LogP contribution < -0.4 is 20.7 Å². The summed E-state index contributed by atoms with van der Waals surface area (Å²) in [5.41, 5.74) is 1.75. The molecule has 0 radical (unpaired) electrons. The maximum absolute atomic E-state index is 13.7. The number of ketones is 2. The Bertz CT molecular complexity index is 2900. The molecule has 0 spiro atoms. The molecule has 8 rings (SSSR count). The Balaban J connectivity index is 1.32. The number of carbonyl (C=O) groups is 2. The molecule has 0 atom stereocenters. The molecule has 1 heterocycles. The van der Waals surface area contributed by atoms with E-state index in [9.17, 15) is 19.2 Å². The molecule has 0 unspecified atom stereocenters. The summed E-state index contributed by atoms with van der Waals surface area (Å²) in [6.07, 6.45) is 6.52. The lowest BCUT2D eigenvalue weighted by Crippen LogP contribution is -2.03. The molecule has 1 aromatic heterocycles. The molecule has 56 heavy (non-hydrogen) atoms. The summed E-state index contributed by atoms with van der Waals surface area (Å²) in [5.74, 6) is 1.00. The molecule has 8 nitrogen and oxygen atoms in total. The van der Waals surface area contributed by atoms with Crippen molar-refractivity contribution in [1.82, 2.24) is 0 Å². The zero-order chi connectivity index (χ0) is 38.8. The van der Waals surface area contributed by atoms with Gasteiger partial charge in [-0.3, -0.25) is 9.59 Å². The fourth-order valence-electron chi connectivity index (χ4n) is 6.75. The van der Waals surface area contributed by atoms with Gasteiger partial charge in [0, 0.05) is 21.9 Å². The summed E-state index contributed by atoms with van der Waals surface area (Å²) < 4.78 is 22.6. The Morgan fingerprint density at radius 3 is 1.29 bits per heavy atom. The predicted octanol–water partition coefficient (Wildman–Crippen LogP) is 10.3. The Kier molecular flexibility index (Phi) is 9.52. The Labute approximate surface area is 319 Å². The maximum atomic E-state index is 13.7. The van der Waals surface area contributed by atoms with Gasteiger partial charge in [-0.05, 0) is 130 Å². The first-order valence-electron chi connectivity index (χ1n) is 17.7. The van der Waals surface area contributed by atoms with E-state index in [0.717, 1.165) is 32.7 Å². The SMILES string of the molecule is COc1ccc(C(=O)/C=C/c2ccc3c(ccc4oc(=O)c5ccccc5c(=O)oc5ccc6cc(/C=C/C(=O)c7ccc(OC)cc7)ccc6c5c43)c2)cc1. The lowest BCUT2D eigenvalue weighted by molar-refractivity contribution is 0.103. The summed E-state index contributed by atoms with van der Waals surface area (Å²) in [5, 5.41) is 4.29. The number of methoxy groups -OCH3 is 2. The van der Waals surface area contributed by atoms with Crippen molar-refractivity contribution in [2.45, 2.75) is 0 Å². The van der Waals surface area contributed by atoms with Crippen molar-refractivity contribution < 1.29 is 27.9 Å². The second kappa shape index (κ2) is 15.0. The minimum atomic E-state index is -0.701. The molecule has 0 aliphatic rings. The van der Waals surface area contributed by atoms with Crippen LogP contribution in [0.3, 0.4) is 0 Å². The third-order valence-electron chi connectivity index (χ3n) is 9.64.